The average molecular weight is 280 g/mol. The zero-order valence-electron chi connectivity index (χ0n) is 12.9. The first-order valence-electron chi connectivity index (χ1n) is 7.33. The molecule has 2 rings (SSSR count). The standard InChI is InChI=1S/C15H24N2O3/c1-5-19-15(8-6-14(3,4)7-9-15)13-16-12(20-17-13)10-11(2)18/h5-10H2,1-4H3. The molecule has 5 nitrogen and oxygen atoms in total. The van der Waals surface area contributed by atoms with Crippen LogP contribution in [-0.4, -0.2) is 22.5 Å². The molecular weight excluding hydrogens is 256 g/mol. The summed E-state index contributed by atoms with van der Waals surface area (Å²) in [5.74, 6) is 1.01. The number of ketones is 1. The van der Waals surface area contributed by atoms with Gasteiger partial charge >= 0.3 is 0 Å². The zero-order chi connectivity index (χ0) is 14.8. The summed E-state index contributed by atoms with van der Waals surface area (Å²) in [7, 11) is 0. The van der Waals surface area contributed by atoms with Crippen LogP contribution >= 0.6 is 0 Å². The molecule has 0 saturated heterocycles. The first kappa shape index (κ1) is 15.2. The summed E-state index contributed by atoms with van der Waals surface area (Å²) in [5, 5.41) is 4.07. The predicted molar refractivity (Wildman–Crippen MR) is 74.2 cm³/mol. The van der Waals surface area contributed by atoms with Crippen LogP contribution < -0.4 is 0 Å². The van der Waals surface area contributed by atoms with Crippen molar-refractivity contribution in [3.8, 4) is 0 Å². The summed E-state index contributed by atoms with van der Waals surface area (Å²) in [6.45, 7) is 8.68. The molecule has 0 N–H and O–H groups in total. The molecule has 1 saturated carbocycles. The fourth-order valence-electron chi connectivity index (χ4n) is 2.76. The molecule has 1 fully saturated rings. The van der Waals surface area contributed by atoms with Gasteiger partial charge in [0.15, 0.2) is 0 Å². The summed E-state index contributed by atoms with van der Waals surface area (Å²) >= 11 is 0. The predicted octanol–water partition coefficient (Wildman–Crippen LogP) is 3.03. The summed E-state index contributed by atoms with van der Waals surface area (Å²) < 4.78 is 11.2. The first-order valence-corrected chi connectivity index (χ1v) is 7.33. The van der Waals surface area contributed by atoms with E-state index in [2.05, 4.69) is 24.0 Å². The smallest absolute Gasteiger partial charge is 0.234 e. The number of carbonyl (C=O) groups excluding carboxylic acids is 1. The second-order valence-corrected chi connectivity index (χ2v) is 6.48. The maximum absolute atomic E-state index is 11.1. The molecule has 5 heteroatoms. The summed E-state index contributed by atoms with van der Waals surface area (Å²) in [6, 6.07) is 0. The summed E-state index contributed by atoms with van der Waals surface area (Å²) in [5.41, 5.74) is -0.102. The Bertz CT molecular complexity index is 469. The fourth-order valence-corrected chi connectivity index (χ4v) is 2.76. The van der Waals surface area contributed by atoms with Gasteiger partial charge in [0.1, 0.15) is 11.4 Å². The lowest BCUT2D eigenvalue weighted by atomic mass is 9.70. The number of hydrogen-bond acceptors (Lipinski definition) is 5. The SMILES string of the molecule is CCOC1(c2noc(CC(C)=O)n2)CCC(C)(C)CC1. The van der Waals surface area contributed by atoms with Crippen molar-refractivity contribution in [3.05, 3.63) is 11.7 Å². The normalized spacial score (nSPS) is 20.8. The highest BCUT2D eigenvalue weighted by atomic mass is 16.5. The number of Topliss-reactive ketones (excluding diaryl/α,β-unsaturated/α-hetero) is 1. The second kappa shape index (κ2) is 5.64. The van der Waals surface area contributed by atoms with E-state index in [1.54, 1.807) is 0 Å². The van der Waals surface area contributed by atoms with Gasteiger partial charge in [-0.25, -0.2) is 0 Å². The molecule has 1 aromatic heterocycles. The molecule has 112 valence electrons. The first-order chi connectivity index (χ1) is 9.37. The van der Waals surface area contributed by atoms with Gasteiger partial charge in [-0.2, -0.15) is 4.98 Å². The van der Waals surface area contributed by atoms with Crippen LogP contribution in [0.25, 0.3) is 0 Å². The molecule has 0 aliphatic heterocycles. The number of nitrogens with zero attached hydrogens (tertiary/aromatic N) is 2. The molecule has 0 unspecified atom stereocenters. The Hall–Kier alpha value is -1.23. The van der Waals surface area contributed by atoms with Crippen LogP contribution in [0.3, 0.4) is 0 Å². The Labute approximate surface area is 120 Å². The van der Waals surface area contributed by atoms with Crippen LogP contribution in [-0.2, 0) is 21.6 Å². The van der Waals surface area contributed by atoms with Crippen molar-refractivity contribution in [2.45, 2.75) is 65.4 Å². The molecule has 0 aromatic carbocycles. The van der Waals surface area contributed by atoms with Crippen LogP contribution in [0.5, 0.6) is 0 Å². The highest BCUT2D eigenvalue weighted by Crippen LogP contribution is 2.46. The molecule has 1 aliphatic rings. The summed E-state index contributed by atoms with van der Waals surface area (Å²) in [6.07, 6.45) is 4.13. The van der Waals surface area contributed by atoms with Crippen molar-refractivity contribution < 1.29 is 14.1 Å². The van der Waals surface area contributed by atoms with E-state index >= 15 is 0 Å². The van der Waals surface area contributed by atoms with Gasteiger partial charge in [-0.05, 0) is 44.9 Å². The van der Waals surface area contributed by atoms with Crippen LogP contribution in [0.2, 0.25) is 0 Å². The second-order valence-electron chi connectivity index (χ2n) is 6.48. The van der Waals surface area contributed by atoms with E-state index in [1.165, 1.54) is 6.92 Å². The third kappa shape index (κ3) is 3.26. The van der Waals surface area contributed by atoms with E-state index in [0.717, 1.165) is 25.7 Å². The van der Waals surface area contributed by atoms with Crippen molar-refractivity contribution in [1.29, 1.82) is 0 Å². The minimum atomic E-state index is -0.442. The van der Waals surface area contributed by atoms with Crippen LogP contribution in [0.4, 0.5) is 0 Å². The lowest BCUT2D eigenvalue weighted by molar-refractivity contribution is -0.116. The molecule has 0 radical (unpaired) electrons. The Kier molecular flexibility index (Phi) is 4.28. The van der Waals surface area contributed by atoms with Gasteiger partial charge in [0.05, 0.1) is 6.42 Å². The lowest BCUT2D eigenvalue weighted by Gasteiger charge is -2.41. The number of rotatable bonds is 5. The van der Waals surface area contributed by atoms with E-state index in [0.29, 0.717) is 23.7 Å². The largest absolute Gasteiger partial charge is 0.367 e. The van der Waals surface area contributed by atoms with E-state index < -0.39 is 5.60 Å². The highest BCUT2D eigenvalue weighted by Gasteiger charge is 2.43. The third-order valence-corrected chi connectivity index (χ3v) is 4.11. The number of carbonyl (C=O) groups is 1. The Morgan fingerprint density at radius 1 is 1.30 bits per heavy atom. The lowest BCUT2D eigenvalue weighted by Crippen LogP contribution is -2.38. The fraction of sp³-hybridized carbons (Fsp3) is 0.800. The molecule has 0 amide bonds. The molecule has 0 bridgehead atoms. The number of aromatic nitrogens is 2. The minimum absolute atomic E-state index is 0.0236. The van der Waals surface area contributed by atoms with Gasteiger partial charge in [-0.15, -0.1) is 0 Å². The Balaban J connectivity index is 2.20. The minimum Gasteiger partial charge on any atom is -0.367 e. The van der Waals surface area contributed by atoms with Crippen molar-refractivity contribution in [1.82, 2.24) is 10.1 Å². The van der Waals surface area contributed by atoms with Crippen LogP contribution in [0.15, 0.2) is 4.52 Å². The van der Waals surface area contributed by atoms with Crippen LogP contribution in [0, 0.1) is 5.41 Å². The van der Waals surface area contributed by atoms with E-state index in [9.17, 15) is 4.79 Å². The monoisotopic (exact) mass is 280 g/mol. The molecule has 1 heterocycles. The van der Waals surface area contributed by atoms with Crippen LogP contribution in [0.1, 0.15) is 65.1 Å². The molecule has 0 atom stereocenters. The Morgan fingerprint density at radius 2 is 1.95 bits per heavy atom. The quantitative estimate of drug-likeness (QED) is 0.829. The zero-order valence-corrected chi connectivity index (χ0v) is 12.9. The van der Waals surface area contributed by atoms with Gasteiger partial charge in [-0.1, -0.05) is 19.0 Å². The Morgan fingerprint density at radius 3 is 2.50 bits per heavy atom. The van der Waals surface area contributed by atoms with Gasteiger partial charge in [0.25, 0.3) is 0 Å². The van der Waals surface area contributed by atoms with Crippen molar-refractivity contribution in [2.24, 2.45) is 5.41 Å². The topological polar surface area (TPSA) is 65.2 Å². The number of ether oxygens (including phenoxy) is 1. The molecule has 0 spiro atoms. The third-order valence-electron chi connectivity index (χ3n) is 4.11. The molecule has 1 aromatic rings. The maximum atomic E-state index is 11.1. The summed E-state index contributed by atoms with van der Waals surface area (Å²) in [4.78, 5) is 15.5. The average Bonchev–Trinajstić information content (AvgIpc) is 2.81. The molecular formula is C15H24N2O3. The van der Waals surface area contributed by atoms with Crippen molar-refractivity contribution in [2.75, 3.05) is 6.61 Å². The van der Waals surface area contributed by atoms with Crippen molar-refractivity contribution >= 4 is 5.78 Å². The van der Waals surface area contributed by atoms with E-state index in [4.69, 9.17) is 9.26 Å². The van der Waals surface area contributed by atoms with Gasteiger partial charge in [-0.3, -0.25) is 4.79 Å². The number of hydrogen-bond donors (Lipinski definition) is 0. The van der Waals surface area contributed by atoms with Gasteiger partial charge in [0.2, 0.25) is 11.7 Å². The maximum Gasteiger partial charge on any atom is 0.234 e. The van der Waals surface area contributed by atoms with E-state index in [-0.39, 0.29) is 12.2 Å². The molecule has 20 heavy (non-hydrogen) atoms. The molecule has 1 aliphatic carbocycles. The highest BCUT2D eigenvalue weighted by molar-refractivity contribution is 5.77. The van der Waals surface area contributed by atoms with E-state index in [1.807, 2.05) is 6.92 Å². The van der Waals surface area contributed by atoms with Crippen molar-refractivity contribution in [3.63, 3.8) is 0 Å². The van der Waals surface area contributed by atoms with Gasteiger partial charge in [0, 0.05) is 6.61 Å². The van der Waals surface area contributed by atoms with Gasteiger partial charge < -0.3 is 9.26 Å².